The standard InChI is InChI=1S/C31H47ClN6O5S/c1-6-7-8-9-10-11-12-13-14-15-19-44(41,42)20-18-43-30(40)34-23-16-17-24(25(21-23)33-22(2)39)28-35-29-26(32)27(31(3,4)5)36-38(29)37-28/h16-17,21,36H,6-15,18-20H2,1-5H3,(H,33,39)(H,34,40). The van der Waals surface area contributed by atoms with Crippen LogP contribution in [0.5, 0.6) is 0 Å². The first-order chi connectivity index (χ1) is 20.8. The largest absolute Gasteiger partial charge is 0.448 e. The van der Waals surface area contributed by atoms with E-state index in [0.29, 0.717) is 39.9 Å². The van der Waals surface area contributed by atoms with Crippen molar-refractivity contribution in [1.29, 1.82) is 0 Å². The third kappa shape index (κ3) is 10.8. The van der Waals surface area contributed by atoms with Gasteiger partial charge in [0, 0.05) is 23.6 Å². The van der Waals surface area contributed by atoms with E-state index in [1.807, 2.05) is 20.8 Å². The normalized spacial score (nSPS) is 12.0. The molecule has 0 aliphatic heterocycles. The van der Waals surface area contributed by atoms with Crippen molar-refractivity contribution >= 4 is 50.5 Å². The van der Waals surface area contributed by atoms with Crippen LogP contribution < -0.4 is 10.6 Å². The van der Waals surface area contributed by atoms with Gasteiger partial charge in [0.05, 0.1) is 22.9 Å². The molecule has 11 nitrogen and oxygen atoms in total. The summed E-state index contributed by atoms with van der Waals surface area (Å²) in [7, 11) is -3.32. The molecule has 0 saturated heterocycles. The van der Waals surface area contributed by atoms with Crippen LogP contribution in [0.4, 0.5) is 16.2 Å². The second kappa shape index (κ2) is 16.3. The fourth-order valence-electron chi connectivity index (χ4n) is 4.85. The monoisotopic (exact) mass is 650 g/mol. The summed E-state index contributed by atoms with van der Waals surface area (Å²) in [6.07, 6.45) is 10.5. The van der Waals surface area contributed by atoms with Crippen LogP contribution in [0.15, 0.2) is 18.2 Å². The number of unbranched alkanes of at least 4 members (excludes halogenated alkanes) is 9. The van der Waals surface area contributed by atoms with E-state index >= 15 is 0 Å². The first-order valence-electron chi connectivity index (χ1n) is 15.5. The van der Waals surface area contributed by atoms with E-state index in [9.17, 15) is 18.0 Å². The zero-order chi connectivity index (χ0) is 32.3. The molecule has 1 aromatic carbocycles. The summed E-state index contributed by atoms with van der Waals surface area (Å²) in [5.74, 6) is -0.136. The highest BCUT2D eigenvalue weighted by Gasteiger charge is 2.25. The van der Waals surface area contributed by atoms with Crippen LogP contribution in [-0.4, -0.2) is 58.3 Å². The molecule has 0 unspecified atom stereocenters. The molecule has 3 aromatic rings. The molecule has 3 N–H and O–H groups in total. The van der Waals surface area contributed by atoms with Crippen molar-refractivity contribution in [3.63, 3.8) is 0 Å². The highest BCUT2D eigenvalue weighted by molar-refractivity contribution is 7.91. The molecule has 0 spiro atoms. The van der Waals surface area contributed by atoms with Gasteiger partial charge in [-0.2, -0.15) is 4.63 Å². The first kappa shape index (κ1) is 35.4. The summed E-state index contributed by atoms with van der Waals surface area (Å²) in [6, 6.07) is 4.82. The van der Waals surface area contributed by atoms with Gasteiger partial charge in [0.2, 0.25) is 5.91 Å². The maximum Gasteiger partial charge on any atom is 0.411 e. The second-order valence-electron chi connectivity index (χ2n) is 12.3. The van der Waals surface area contributed by atoms with E-state index in [4.69, 9.17) is 16.3 Å². The number of aromatic nitrogens is 4. The number of aromatic amines is 1. The van der Waals surface area contributed by atoms with Crippen molar-refractivity contribution in [1.82, 2.24) is 19.8 Å². The molecule has 2 heterocycles. The van der Waals surface area contributed by atoms with Gasteiger partial charge in [0.1, 0.15) is 11.6 Å². The van der Waals surface area contributed by atoms with E-state index < -0.39 is 15.9 Å². The number of nitrogens with one attached hydrogen (secondary N) is 3. The van der Waals surface area contributed by atoms with Crippen LogP contribution in [0.25, 0.3) is 17.0 Å². The molecule has 3 rings (SSSR count). The number of hydrogen-bond acceptors (Lipinski definition) is 7. The molecule has 2 aromatic heterocycles. The molecule has 0 radical (unpaired) electrons. The van der Waals surface area contributed by atoms with Gasteiger partial charge in [-0.1, -0.05) is 97.1 Å². The van der Waals surface area contributed by atoms with Crippen LogP contribution in [0, 0.1) is 0 Å². The van der Waals surface area contributed by atoms with Gasteiger partial charge in [-0.05, 0) is 24.6 Å². The summed E-state index contributed by atoms with van der Waals surface area (Å²) in [5.41, 5.74) is 2.24. The average molecular weight is 651 g/mol. The van der Waals surface area contributed by atoms with Gasteiger partial charge in [0.15, 0.2) is 21.3 Å². The molecular formula is C31H47ClN6O5S. The van der Waals surface area contributed by atoms with Crippen LogP contribution in [0.2, 0.25) is 5.02 Å². The zero-order valence-corrected chi connectivity index (χ0v) is 28.2. The van der Waals surface area contributed by atoms with Crippen molar-refractivity contribution in [2.24, 2.45) is 0 Å². The number of nitrogens with zero attached hydrogens (tertiary/aromatic N) is 3. The molecule has 13 heteroatoms. The molecule has 0 aliphatic rings. The summed E-state index contributed by atoms with van der Waals surface area (Å²) < 4.78 is 31.4. The number of benzene rings is 1. The molecule has 0 saturated carbocycles. The number of anilines is 2. The first-order valence-corrected chi connectivity index (χ1v) is 17.7. The minimum absolute atomic E-state index is 0.0928. The van der Waals surface area contributed by atoms with Crippen molar-refractivity contribution in [3.05, 3.63) is 28.9 Å². The molecule has 0 aliphatic carbocycles. The van der Waals surface area contributed by atoms with Gasteiger partial charge >= 0.3 is 6.09 Å². The Morgan fingerprint density at radius 3 is 2.20 bits per heavy atom. The summed E-state index contributed by atoms with van der Waals surface area (Å²) in [5, 5.41) is 13.4. The third-order valence-corrected chi connectivity index (χ3v) is 9.30. The lowest BCUT2D eigenvalue weighted by atomic mass is 9.92. The lowest BCUT2D eigenvalue weighted by Gasteiger charge is -2.16. The summed E-state index contributed by atoms with van der Waals surface area (Å²) in [4.78, 5) is 28.9. The SMILES string of the molecule is CCCCCCCCCCCCS(=O)(=O)CCOC(=O)Nc1ccc(-c2nc3c(Cl)c(C(C)(C)C)[nH]n3n2)c(NC(C)=O)c1. The number of carbonyl (C=O) groups is 2. The molecule has 244 valence electrons. The van der Waals surface area contributed by atoms with Crippen molar-refractivity contribution in [3.8, 4) is 11.4 Å². The van der Waals surface area contributed by atoms with E-state index in [1.54, 1.807) is 18.2 Å². The lowest BCUT2D eigenvalue weighted by molar-refractivity contribution is -0.114. The number of carbonyl (C=O) groups excluding carboxylic acids is 2. The number of halogens is 1. The maximum atomic E-state index is 12.4. The number of sulfone groups is 1. The highest BCUT2D eigenvalue weighted by atomic mass is 35.5. The summed E-state index contributed by atoms with van der Waals surface area (Å²) >= 11 is 6.56. The van der Waals surface area contributed by atoms with E-state index in [1.165, 1.54) is 50.1 Å². The number of H-pyrrole nitrogens is 1. The van der Waals surface area contributed by atoms with Gasteiger partial charge in [-0.15, -0.1) is 5.10 Å². The minimum atomic E-state index is -3.32. The van der Waals surface area contributed by atoms with E-state index in [-0.39, 0.29) is 29.4 Å². The molecule has 0 atom stereocenters. The van der Waals surface area contributed by atoms with Gasteiger partial charge in [0.25, 0.3) is 0 Å². The van der Waals surface area contributed by atoms with Crippen LogP contribution >= 0.6 is 11.6 Å². The molecular weight excluding hydrogens is 604 g/mol. The highest BCUT2D eigenvalue weighted by Crippen LogP contribution is 2.34. The third-order valence-electron chi connectivity index (χ3n) is 7.24. The van der Waals surface area contributed by atoms with E-state index in [2.05, 4.69) is 32.7 Å². The van der Waals surface area contributed by atoms with E-state index in [0.717, 1.165) is 25.0 Å². The average Bonchev–Trinajstić information content (AvgIpc) is 3.48. The molecule has 2 amide bonds. The van der Waals surface area contributed by atoms with Gasteiger partial charge < -0.3 is 10.1 Å². The predicted octanol–water partition coefficient (Wildman–Crippen LogP) is 7.52. The number of rotatable bonds is 17. The smallest absolute Gasteiger partial charge is 0.411 e. The Bertz CT molecular complexity index is 1510. The molecule has 0 bridgehead atoms. The Morgan fingerprint density at radius 2 is 1.61 bits per heavy atom. The Labute approximate surface area is 265 Å². The molecule has 44 heavy (non-hydrogen) atoms. The predicted molar refractivity (Wildman–Crippen MR) is 176 cm³/mol. The van der Waals surface area contributed by atoms with Crippen LogP contribution in [-0.2, 0) is 24.8 Å². The second-order valence-corrected chi connectivity index (χ2v) is 14.9. The van der Waals surface area contributed by atoms with Crippen LogP contribution in [0.1, 0.15) is 105 Å². The number of hydrogen-bond donors (Lipinski definition) is 3. The van der Waals surface area contributed by atoms with Crippen molar-refractivity contribution in [2.45, 2.75) is 104 Å². The Morgan fingerprint density at radius 1 is 0.977 bits per heavy atom. The number of fused-ring (bicyclic) bond motifs is 1. The topological polar surface area (TPSA) is 148 Å². The maximum absolute atomic E-state index is 12.4. The summed E-state index contributed by atoms with van der Waals surface area (Å²) in [6.45, 7) is 9.40. The number of amides is 2. The fourth-order valence-corrected chi connectivity index (χ4v) is 6.48. The minimum Gasteiger partial charge on any atom is -0.448 e. The fraction of sp³-hybridized carbons (Fsp3) is 0.613. The van der Waals surface area contributed by atoms with Gasteiger partial charge in [-0.3, -0.25) is 15.2 Å². The van der Waals surface area contributed by atoms with Crippen LogP contribution in [0.3, 0.4) is 0 Å². The Balaban J connectivity index is 1.50. The van der Waals surface area contributed by atoms with Gasteiger partial charge in [-0.25, -0.2) is 18.2 Å². The lowest BCUT2D eigenvalue weighted by Crippen LogP contribution is -2.21. The quantitative estimate of drug-likeness (QED) is 0.128. The Hall–Kier alpha value is -3.12. The molecule has 0 fully saturated rings. The number of ether oxygens (including phenoxy) is 1. The zero-order valence-electron chi connectivity index (χ0n) is 26.6. The Kier molecular flexibility index (Phi) is 13.1. The van der Waals surface area contributed by atoms with Crippen molar-refractivity contribution in [2.75, 3.05) is 28.7 Å². The van der Waals surface area contributed by atoms with Crippen molar-refractivity contribution < 1.29 is 22.7 Å².